The van der Waals surface area contributed by atoms with Crippen LogP contribution in [-0.4, -0.2) is 54.5 Å². The van der Waals surface area contributed by atoms with E-state index in [4.69, 9.17) is 11.6 Å². The Morgan fingerprint density at radius 3 is 2.45 bits per heavy atom. The zero-order valence-electron chi connectivity index (χ0n) is 13.2. The average Bonchev–Trinajstić information content (AvgIpc) is 2.83. The molecule has 0 spiro atoms. The highest BCUT2D eigenvalue weighted by atomic mass is 35.5. The lowest BCUT2D eigenvalue weighted by Gasteiger charge is -2.31. The number of likely N-dealkylation sites (N-methyl/N-ethyl adjacent to an activating group) is 1. The Labute approximate surface area is 136 Å². The second kappa shape index (κ2) is 7.11. The summed E-state index contributed by atoms with van der Waals surface area (Å²) in [7, 11) is 2.01. The van der Waals surface area contributed by atoms with Gasteiger partial charge in [0, 0.05) is 24.2 Å². The Balaban J connectivity index is 1.91. The molecular formula is C16H22ClN3O2. The van der Waals surface area contributed by atoms with Crippen molar-refractivity contribution < 1.29 is 9.59 Å². The SMILES string of the molecule is C[C@H](c1ccc(Cl)cc1)[C@H](C)N(C)CCN1C(=O)CNC1=O. The maximum absolute atomic E-state index is 11.6. The second-order valence-electron chi connectivity index (χ2n) is 5.77. The number of urea groups is 1. The van der Waals surface area contributed by atoms with Gasteiger partial charge in [-0.1, -0.05) is 30.7 Å². The normalized spacial score (nSPS) is 17.8. The number of carbonyl (C=O) groups excluding carboxylic acids is 2. The largest absolute Gasteiger partial charge is 0.329 e. The molecule has 2 rings (SSSR count). The van der Waals surface area contributed by atoms with Crippen molar-refractivity contribution in [2.45, 2.75) is 25.8 Å². The minimum atomic E-state index is -0.295. The molecule has 1 aliphatic rings. The van der Waals surface area contributed by atoms with Crippen LogP contribution in [0.4, 0.5) is 4.79 Å². The van der Waals surface area contributed by atoms with Gasteiger partial charge in [0.1, 0.15) is 0 Å². The fourth-order valence-corrected chi connectivity index (χ4v) is 2.70. The lowest BCUT2D eigenvalue weighted by molar-refractivity contribution is -0.125. The molecule has 1 aromatic rings. The van der Waals surface area contributed by atoms with Gasteiger partial charge >= 0.3 is 6.03 Å². The first kappa shape index (κ1) is 16.8. The molecule has 5 nitrogen and oxygen atoms in total. The van der Waals surface area contributed by atoms with Gasteiger partial charge in [-0.3, -0.25) is 9.69 Å². The van der Waals surface area contributed by atoms with E-state index in [1.165, 1.54) is 10.5 Å². The number of benzene rings is 1. The highest BCUT2D eigenvalue weighted by Crippen LogP contribution is 2.23. The highest BCUT2D eigenvalue weighted by Gasteiger charge is 2.29. The molecule has 1 aliphatic heterocycles. The Morgan fingerprint density at radius 1 is 1.27 bits per heavy atom. The number of amides is 3. The van der Waals surface area contributed by atoms with Crippen molar-refractivity contribution in [1.29, 1.82) is 0 Å². The van der Waals surface area contributed by atoms with Gasteiger partial charge in [0.2, 0.25) is 5.91 Å². The number of imide groups is 1. The fourth-order valence-electron chi connectivity index (χ4n) is 2.57. The molecule has 1 heterocycles. The summed E-state index contributed by atoms with van der Waals surface area (Å²) < 4.78 is 0. The quantitative estimate of drug-likeness (QED) is 0.817. The van der Waals surface area contributed by atoms with Gasteiger partial charge in [0.25, 0.3) is 0 Å². The molecule has 2 atom stereocenters. The molecule has 1 N–H and O–H groups in total. The molecule has 0 unspecified atom stereocenters. The first-order valence-electron chi connectivity index (χ1n) is 7.44. The zero-order valence-corrected chi connectivity index (χ0v) is 13.9. The number of hydrogen-bond acceptors (Lipinski definition) is 3. The molecule has 1 aromatic carbocycles. The van der Waals surface area contributed by atoms with Crippen molar-refractivity contribution in [2.75, 3.05) is 26.7 Å². The summed E-state index contributed by atoms with van der Waals surface area (Å²) in [5.41, 5.74) is 1.22. The summed E-state index contributed by atoms with van der Waals surface area (Å²) in [6.07, 6.45) is 0. The number of rotatable bonds is 6. The second-order valence-corrected chi connectivity index (χ2v) is 6.20. The monoisotopic (exact) mass is 323 g/mol. The van der Waals surface area contributed by atoms with E-state index in [-0.39, 0.29) is 24.5 Å². The predicted molar refractivity (Wildman–Crippen MR) is 87.1 cm³/mol. The molecule has 0 aliphatic carbocycles. The van der Waals surface area contributed by atoms with Gasteiger partial charge in [0.05, 0.1) is 6.54 Å². The molecule has 1 saturated heterocycles. The molecular weight excluding hydrogens is 302 g/mol. The van der Waals surface area contributed by atoms with Crippen molar-refractivity contribution in [2.24, 2.45) is 0 Å². The lowest BCUT2D eigenvalue weighted by Crippen LogP contribution is -2.41. The molecule has 22 heavy (non-hydrogen) atoms. The number of hydrogen-bond donors (Lipinski definition) is 1. The first-order valence-corrected chi connectivity index (χ1v) is 7.82. The minimum Gasteiger partial charge on any atom is -0.329 e. The lowest BCUT2D eigenvalue weighted by atomic mass is 9.93. The van der Waals surface area contributed by atoms with E-state index >= 15 is 0 Å². The first-order chi connectivity index (χ1) is 10.4. The predicted octanol–water partition coefficient (Wildman–Crippen LogP) is 2.32. The zero-order chi connectivity index (χ0) is 16.3. The Kier molecular flexibility index (Phi) is 5.42. The smallest absolute Gasteiger partial charge is 0.324 e. The molecule has 0 bridgehead atoms. The maximum Gasteiger partial charge on any atom is 0.324 e. The molecule has 0 saturated carbocycles. The standard InChI is InChI=1S/C16H22ClN3O2/c1-11(13-4-6-14(17)7-5-13)12(2)19(3)8-9-20-15(21)10-18-16(20)22/h4-7,11-12H,8-10H2,1-3H3,(H,18,22)/t11-,12-/m0/s1. The summed E-state index contributed by atoms with van der Waals surface area (Å²) in [5, 5.41) is 3.26. The fraction of sp³-hybridized carbons (Fsp3) is 0.500. The average molecular weight is 324 g/mol. The van der Waals surface area contributed by atoms with E-state index in [2.05, 4.69) is 24.1 Å². The van der Waals surface area contributed by atoms with Crippen molar-refractivity contribution in [3.8, 4) is 0 Å². The van der Waals surface area contributed by atoms with Crippen LogP contribution in [0, 0.1) is 0 Å². The van der Waals surface area contributed by atoms with Crippen LogP contribution in [0.25, 0.3) is 0 Å². The Morgan fingerprint density at radius 2 is 1.91 bits per heavy atom. The summed E-state index contributed by atoms with van der Waals surface area (Å²) >= 11 is 5.92. The van der Waals surface area contributed by atoms with E-state index in [9.17, 15) is 9.59 Å². The van der Waals surface area contributed by atoms with Gasteiger partial charge in [-0.05, 0) is 37.6 Å². The third-order valence-electron chi connectivity index (χ3n) is 4.43. The van der Waals surface area contributed by atoms with Gasteiger partial charge in [0.15, 0.2) is 0 Å². The maximum atomic E-state index is 11.6. The van der Waals surface area contributed by atoms with Crippen molar-refractivity contribution in [1.82, 2.24) is 15.1 Å². The van der Waals surface area contributed by atoms with Crippen molar-refractivity contribution >= 4 is 23.5 Å². The van der Waals surface area contributed by atoms with Gasteiger partial charge in [-0.2, -0.15) is 0 Å². The topological polar surface area (TPSA) is 52.6 Å². The molecule has 0 aromatic heterocycles. The van der Waals surface area contributed by atoms with Gasteiger partial charge in [-0.15, -0.1) is 0 Å². The van der Waals surface area contributed by atoms with Crippen LogP contribution in [0.2, 0.25) is 5.02 Å². The highest BCUT2D eigenvalue weighted by molar-refractivity contribution is 6.30. The number of nitrogens with zero attached hydrogens (tertiary/aromatic N) is 2. The van der Waals surface area contributed by atoms with Crippen LogP contribution >= 0.6 is 11.6 Å². The Bertz CT molecular complexity index is 531. The van der Waals surface area contributed by atoms with E-state index < -0.39 is 0 Å². The van der Waals surface area contributed by atoms with E-state index in [0.29, 0.717) is 19.0 Å². The number of halogens is 1. The summed E-state index contributed by atoms with van der Waals surface area (Å²) in [5.74, 6) is 0.169. The molecule has 1 fully saturated rings. The molecule has 6 heteroatoms. The van der Waals surface area contributed by atoms with E-state index in [1.807, 2.05) is 31.3 Å². The van der Waals surface area contributed by atoms with Crippen LogP contribution in [0.5, 0.6) is 0 Å². The van der Waals surface area contributed by atoms with Crippen LogP contribution in [0.3, 0.4) is 0 Å². The van der Waals surface area contributed by atoms with E-state index in [1.54, 1.807) is 0 Å². The van der Waals surface area contributed by atoms with E-state index in [0.717, 1.165) is 5.02 Å². The molecule has 3 amide bonds. The third kappa shape index (κ3) is 3.78. The summed E-state index contributed by atoms with van der Waals surface area (Å²) in [6.45, 7) is 5.49. The molecule has 0 radical (unpaired) electrons. The number of carbonyl (C=O) groups is 2. The minimum absolute atomic E-state index is 0.110. The molecule has 120 valence electrons. The Hall–Kier alpha value is -1.59. The summed E-state index contributed by atoms with van der Waals surface area (Å²) in [6, 6.07) is 7.85. The number of nitrogens with one attached hydrogen (secondary N) is 1. The van der Waals surface area contributed by atoms with Gasteiger partial charge < -0.3 is 10.2 Å². The van der Waals surface area contributed by atoms with Crippen LogP contribution in [0.1, 0.15) is 25.3 Å². The summed E-state index contributed by atoms with van der Waals surface area (Å²) in [4.78, 5) is 26.5. The third-order valence-corrected chi connectivity index (χ3v) is 4.68. The van der Waals surface area contributed by atoms with Gasteiger partial charge in [-0.25, -0.2) is 4.79 Å². The van der Waals surface area contributed by atoms with Crippen LogP contribution in [-0.2, 0) is 4.79 Å². The van der Waals surface area contributed by atoms with Crippen molar-refractivity contribution in [3.05, 3.63) is 34.9 Å². The van der Waals surface area contributed by atoms with Crippen LogP contribution in [0.15, 0.2) is 24.3 Å². The van der Waals surface area contributed by atoms with Crippen LogP contribution < -0.4 is 5.32 Å². The van der Waals surface area contributed by atoms with Crippen molar-refractivity contribution in [3.63, 3.8) is 0 Å².